The summed E-state index contributed by atoms with van der Waals surface area (Å²) >= 11 is 2.05. The number of anilines is 4. The Hall–Kier alpha value is -8.73. The summed E-state index contributed by atoms with van der Waals surface area (Å²) in [6.07, 6.45) is -12.6. The Morgan fingerprint density at radius 1 is 0.500 bits per heavy atom. The quantitative estimate of drug-likeness (QED) is 0.125. The molecule has 6 heterocycles. The summed E-state index contributed by atoms with van der Waals surface area (Å²) < 4.78 is 148. The second-order valence-electron chi connectivity index (χ2n) is 19.3. The fraction of sp³-hybridized carbons (Fsp3) is 0.273. The number of aryl methyl sites for hydroxylation is 2. The molecule has 4 aromatic heterocycles. The van der Waals surface area contributed by atoms with Gasteiger partial charge in [-0.05, 0) is 85.6 Å². The van der Waals surface area contributed by atoms with Gasteiger partial charge < -0.3 is 30.2 Å². The molecule has 0 unspecified atom stereocenters. The van der Waals surface area contributed by atoms with Crippen LogP contribution in [0.25, 0.3) is 20.4 Å². The monoisotopic (exact) mass is 1210 g/mol. The van der Waals surface area contributed by atoms with Crippen LogP contribution < -0.4 is 31.6 Å². The average molecular weight is 1220 g/mol. The van der Waals surface area contributed by atoms with Crippen LogP contribution in [0.3, 0.4) is 0 Å². The van der Waals surface area contributed by atoms with Crippen LogP contribution in [0.1, 0.15) is 47.2 Å². The minimum absolute atomic E-state index is 0.0528. The maximum Gasteiger partial charge on any atom is 0.416 e. The van der Waals surface area contributed by atoms with Crippen LogP contribution in [0.2, 0.25) is 0 Å². The Kier molecular flexibility index (Phi) is 17.0. The lowest BCUT2D eigenvalue weighted by Crippen LogP contribution is -2.49. The van der Waals surface area contributed by atoms with Crippen molar-refractivity contribution in [2.75, 3.05) is 72.8 Å². The van der Waals surface area contributed by atoms with Gasteiger partial charge in [0.05, 0.1) is 61.2 Å². The summed E-state index contributed by atoms with van der Waals surface area (Å²) in [5, 5.41) is 4.60. The summed E-state index contributed by atoms with van der Waals surface area (Å²) in [7, 11) is 0. The lowest BCUT2D eigenvalue weighted by Gasteiger charge is -2.36. The fourth-order valence-corrected chi connectivity index (χ4v) is 11.7. The molecule has 2 aliphatic heterocycles. The van der Waals surface area contributed by atoms with Crippen LogP contribution in [0.15, 0.2) is 113 Å². The molecule has 4 aromatic carbocycles. The molecule has 16 nitrogen and oxygen atoms in total. The van der Waals surface area contributed by atoms with Gasteiger partial charge in [0, 0.05) is 63.7 Å². The van der Waals surface area contributed by atoms with Gasteiger partial charge >= 0.3 is 18.5 Å². The zero-order valence-electron chi connectivity index (χ0n) is 43.9. The molecule has 8 aromatic rings. The zero-order chi connectivity index (χ0) is 60.6. The summed E-state index contributed by atoms with van der Waals surface area (Å²) in [5.74, 6) is -3.09. The first-order chi connectivity index (χ1) is 39.7. The molecule has 84 heavy (non-hydrogen) atoms. The average Bonchev–Trinajstić information content (AvgIpc) is 4.13. The van der Waals surface area contributed by atoms with Gasteiger partial charge in [-0.25, -0.2) is 18.7 Å². The molecule has 2 fully saturated rings. The molecule has 0 atom stereocenters. The third-order valence-electron chi connectivity index (χ3n) is 13.7. The van der Waals surface area contributed by atoms with E-state index < -0.39 is 76.9 Å². The van der Waals surface area contributed by atoms with Gasteiger partial charge in [-0.3, -0.25) is 37.9 Å². The minimum atomic E-state index is -5.11. The number of halogens is 11. The van der Waals surface area contributed by atoms with Crippen LogP contribution in [-0.2, 0) is 41.2 Å². The standard InChI is InChI=1S/C28H22F7N5O3S.C27H23F4N5O3S/c1-15-22-24(44-23(15)26(43)39-8-6-38(7-9-39)20-5-3-2-4-19(20)29)36-14-40(25(22)42)13-21(41)37-18-11-16(27(30,31)32)10-17(12-18)28(33,34)35;1-16-22-24(40-23(16)26(39)35-11-9-34(10-12-35)20-8-3-2-7-19(20)28)32-15-36(25(22)38)14-21(37)33-18-6-4-5-17(13-18)27(29,30)31/h2-5,10-12,14H,6-9,13H2,1H3,(H,37,41);2-8,13,15H,9-12,14H2,1H3,(H,33,37). The first-order valence-electron chi connectivity index (χ1n) is 25.3. The molecular weight excluding hydrogens is 1170 g/mol. The minimum Gasteiger partial charge on any atom is -0.366 e. The van der Waals surface area contributed by atoms with E-state index in [1.54, 1.807) is 53.1 Å². The SMILES string of the molecule is Cc1c(C(=O)N2CCN(c3ccccc3F)CC2)sc2ncn(CC(=O)Nc3cc(C(F)(F)F)cc(C(F)(F)F)c3)c(=O)c12.Cc1c(C(=O)N2CCN(c3ccccc3F)CC2)sc2ncn(CC(=O)Nc3cccc(C(F)(F)F)c3)c(=O)c12. The Morgan fingerprint density at radius 2 is 0.881 bits per heavy atom. The third-order valence-corrected chi connectivity index (χ3v) is 16.1. The van der Waals surface area contributed by atoms with Crippen molar-refractivity contribution in [3.8, 4) is 0 Å². The van der Waals surface area contributed by atoms with E-state index in [0.29, 0.717) is 96.7 Å². The number of carbonyl (C=O) groups excluding carboxylic acids is 4. The fourth-order valence-electron chi connectivity index (χ4n) is 9.47. The summed E-state index contributed by atoms with van der Waals surface area (Å²) in [4.78, 5) is 94.7. The molecule has 4 amide bonds. The largest absolute Gasteiger partial charge is 0.416 e. The van der Waals surface area contributed by atoms with Gasteiger partial charge in [-0.2, -0.15) is 39.5 Å². The van der Waals surface area contributed by atoms with E-state index in [9.17, 15) is 77.1 Å². The molecule has 10 rings (SSSR count). The zero-order valence-corrected chi connectivity index (χ0v) is 45.5. The van der Waals surface area contributed by atoms with Crippen LogP contribution in [0.4, 0.5) is 71.0 Å². The van der Waals surface area contributed by atoms with Gasteiger partial charge in [0.15, 0.2) is 0 Å². The van der Waals surface area contributed by atoms with E-state index in [0.717, 1.165) is 50.3 Å². The smallest absolute Gasteiger partial charge is 0.366 e. The Morgan fingerprint density at radius 3 is 1.27 bits per heavy atom. The van der Waals surface area contributed by atoms with E-state index in [4.69, 9.17) is 0 Å². The summed E-state index contributed by atoms with van der Waals surface area (Å²) in [6, 6.07) is 17.6. The van der Waals surface area contributed by atoms with Crippen molar-refractivity contribution < 1.29 is 67.5 Å². The Balaban J connectivity index is 0.000000202. The first-order valence-corrected chi connectivity index (χ1v) is 26.9. The molecule has 0 bridgehead atoms. The van der Waals surface area contributed by atoms with Crippen LogP contribution in [0, 0.1) is 25.5 Å². The number of benzene rings is 4. The number of rotatable bonds is 10. The maximum atomic E-state index is 14.2. The van der Waals surface area contributed by atoms with Gasteiger partial charge in [0.25, 0.3) is 22.9 Å². The molecule has 0 radical (unpaired) electrons. The number of fused-ring (bicyclic) bond motifs is 2. The summed E-state index contributed by atoms with van der Waals surface area (Å²) in [6.45, 7) is 4.92. The van der Waals surface area contributed by atoms with Gasteiger partial charge in [-0.1, -0.05) is 30.3 Å². The normalized spacial score (nSPS) is 14.2. The van der Waals surface area contributed by atoms with Gasteiger partial charge in [0.1, 0.15) is 34.4 Å². The predicted molar refractivity (Wildman–Crippen MR) is 291 cm³/mol. The van der Waals surface area contributed by atoms with E-state index in [-0.39, 0.29) is 55.7 Å². The third kappa shape index (κ3) is 13.0. The number of hydrogen-bond donors (Lipinski definition) is 2. The molecule has 440 valence electrons. The van der Waals surface area contributed by atoms with Crippen molar-refractivity contribution in [3.05, 3.63) is 174 Å². The number of alkyl halides is 9. The highest BCUT2D eigenvalue weighted by Gasteiger charge is 2.38. The highest BCUT2D eigenvalue weighted by molar-refractivity contribution is 7.21. The van der Waals surface area contributed by atoms with E-state index >= 15 is 0 Å². The molecule has 2 saturated heterocycles. The predicted octanol–water partition coefficient (Wildman–Crippen LogP) is 10.1. The topological polar surface area (TPSA) is 175 Å². The lowest BCUT2D eigenvalue weighted by atomic mass is 10.1. The number of hydrogen-bond acceptors (Lipinski definition) is 12. The van der Waals surface area contributed by atoms with E-state index in [1.807, 2.05) is 15.1 Å². The second-order valence-corrected chi connectivity index (χ2v) is 21.3. The van der Waals surface area contributed by atoms with E-state index in [2.05, 4.69) is 15.3 Å². The first kappa shape index (κ1) is 59.9. The molecule has 0 saturated carbocycles. The number of nitrogens with one attached hydrogen (secondary N) is 2. The maximum absolute atomic E-state index is 14.2. The second kappa shape index (κ2) is 23.9. The van der Waals surface area contributed by atoms with Gasteiger partial charge in [0.2, 0.25) is 11.8 Å². The van der Waals surface area contributed by atoms with Gasteiger partial charge in [-0.15, -0.1) is 22.7 Å². The molecule has 2 N–H and O–H groups in total. The van der Waals surface area contributed by atoms with Crippen molar-refractivity contribution >= 4 is 89.5 Å². The molecule has 0 aliphatic carbocycles. The van der Waals surface area contributed by atoms with Crippen molar-refractivity contribution in [3.63, 3.8) is 0 Å². The van der Waals surface area contributed by atoms with Crippen molar-refractivity contribution in [2.24, 2.45) is 0 Å². The number of piperazine rings is 2. The van der Waals surface area contributed by atoms with Crippen molar-refractivity contribution in [1.29, 1.82) is 0 Å². The van der Waals surface area contributed by atoms with Crippen LogP contribution in [0.5, 0.6) is 0 Å². The molecular formula is C55H45F11N10O6S2. The highest BCUT2D eigenvalue weighted by Crippen LogP contribution is 2.38. The van der Waals surface area contributed by atoms with E-state index in [1.165, 1.54) is 37.5 Å². The number of carbonyl (C=O) groups is 4. The number of nitrogens with zero attached hydrogens (tertiary/aromatic N) is 8. The van der Waals surface area contributed by atoms with Crippen LogP contribution >= 0.6 is 22.7 Å². The van der Waals surface area contributed by atoms with Crippen molar-refractivity contribution in [1.82, 2.24) is 28.9 Å². The Bertz CT molecular complexity index is 3940. The number of amides is 4. The van der Waals surface area contributed by atoms with Crippen molar-refractivity contribution in [2.45, 2.75) is 45.5 Å². The molecule has 2 aliphatic rings. The Labute approximate surface area is 476 Å². The highest BCUT2D eigenvalue weighted by atomic mass is 32.1. The lowest BCUT2D eigenvalue weighted by molar-refractivity contribution is -0.143. The van der Waals surface area contributed by atoms with Crippen LogP contribution in [-0.4, -0.2) is 105 Å². The molecule has 0 spiro atoms. The summed E-state index contributed by atoms with van der Waals surface area (Å²) in [5.41, 5.74) is -4.54. The number of para-hydroxylation sites is 2. The number of aromatic nitrogens is 4. The number of thiophene rings is 2. The molecule has 29 heteroatoms.